The summed E-state index contributed by atoms with van der Waals surface area (Å²) in [6, 6.07) is 7.75. The van der Waals surface area contributed by atoms with Crippen LogP contribution in [0.3, 0.4) is 0 Å². The third-order valence-corrected chi connectivity index (χ3v) is 4.26. The molecule has 0 aliphatic rings. The Balaban J connectivity index is 2.07. The van der Waals surface area contributed by atoms with E-state index in [0.717, 1.165) is 38.2 Å². The van der Waals surface area contributed by atoms with Crippen LogP contribution in [0.4, 0.5) is 0 Å². The third-order valence-electron chi connectivity index (χ3n) is 4.26. The van der Waals surface area contributed by atoms with Crippen molar-refractivity contribution in [2.75, 3.05) is 19.8 Å². The molecule has 0 N–H and O–H groups in total. The van der Waals surface area contributed by atoms with Crippen LogP contribution in [-0.2, 0) is 15.9 Å². The second-order valence-corrected chi connectivity index (χ2v) is 7.15. The van der Waals surface area contributed by atoms with Crippen LogP contribution in [0.25, 0.3) is 0 Å². The molecule has 3 nitrogen and oxygen atoms in total. The van der Waals surface area contributed by atoms with Gasteiger partial charge in [-0.15, -0.1) is 0 Å². The van der Waals surface area contributed by atoms with Gasteiger partial charge in [0.2, 0.25) is 0 Å². The van der Waals surface area contributed by atoms with Gasteiger partial charge in [0.15, 0.2) is 0 Å². The summed E-state index contributed by atoms with van der Waals surface area (Å²) < 4.78 is 10.8. The Morgan fingerprint density at radius 1 is 1.00 bits per heavy atom. The number of hydrogen-bond acceptors (Lipinski definition) is 3. The molecule has 0 atom stereocenters. The van der Waals surface area contributed by atoms with E-state index in [0.29, 0.717) is 18.8 Å². The lowest BCUT2D eigenvalue weighted by atomic mass is 10.0. The Morgan fingerprint density at radius 2 is 1.80 bits per heavy atom. The molecule has 0 fully saturated rings. The molecule has 0 unspecified atom stereocenters. The molecule has 1 rings (SSSR count). The van der Waals surface area contributed by atoms with Gasteiger partial charge in [-0.1, -0.05) is 65.0 Å². The Kier molecular flexibility index (Phi) is 12.0. The highest BCUT2D eigenvalue weighted by atomic mass is 16.6. The molecular formula is C22H36O3. The van der Waals surface area contributed by atoms with Crippen molar-refractivity contribution < 1.29 is 14.3 Å². The Morgan fingerprint density at radius 3 is 2.56 bits per heavy atom. The van der Waals surface area contributed by atoms with E-state index in [4.69, 9.17) is 9.47 Å². The molecular weight excluding hydrogens is 312 g/mol. The average Bonchev–Trinajstić information content (AvgIpc) is 2.61. The predicted octanol–water partition coefficient (Wildman–Crippen LogP) is 5.81. The molecule has 0 radical (unpaired) electrons. The fourth-order valence-corrected chi connectivity index (χ4v) is 2.72. The second kappa shape index (κ2) is 13.9. The summed E-state index contributed by atoms with van der Waals surface area (Å²) in [7, 11) is 0. The summed E-state index contributed by atoms with van der Waals surface area (Å²) in [6.45, 7) is 8.27. The van der Waals surface area contributed by atoms with Crippen LogP contribution in [-0.4, -0.2) is 25.8 Å². The molecule has 0 bridgehead atoms. The van der Waals surface area contributed by atoms with Crippen molar-refractivity contribution in [2.45, 2.75) is 72.1 Å². The zero-order chi connectivity index (χ0) is 18.3. The zero-order valence-electron chi connectivity index (χ0n) is 16.4. The lowest BCUT2D eigenvalue weighted by Gasteiger charge is -2.08. The predicted molar refractivity (Wildman–Crippen MR) is 104 cm³/mol. The smallest absolute Gasteiger partial charge is 0.338 e. The molecule has 0 spiro atoms. The minimum absolute atomic E-state index is 0.254. The highest BCUT2D eigenvalue weighted by molar-refractivity contribution is 5.89. The fraction of sp³-hybridized carbons (Fsp3) is 0.682. The summed E-state index contributed by atoms with van der Waals surface area (Å²) in [4.78, 5) is 12.1. The maximum absolute atomic E-state index is 12.1. The normalized spacial score (nSPS) is 11.0. The number of benzene rings is 1. The maximum Gasteiger partial charge on any atom is 0.338 e. The van der Waals surface area contributed by atoms with Crippen molar-refractivity contribution in [2.24, 2.45) is 5.92 Å². The number of rotatable bonds is 14. The van der Waals surface area contributed by atoms with E-state index < -0.39 is 0 Å². The quantitative estimate of drug-likeness (QED) is 0.314. The van der Waals surface area contributed by atoms with Crippen molar-refractivity contribution in [3.05, 3.63) is 35.4 Å². The fourth-order valence-electron chi connectivity index (χ4n) is 2.72. The lowest BCUT2D eigenvalue weighted by Crippen LogP contribution is -2.11. The molecule has 0 saturated carbocycles. The first kappa shape index (κ1) is 21.7. The summed E-state index contributed by atoms with van der Waals surface area (Å²) in [6.07, 6.45) is 9.53. The number of aryl methyl sites for hydroxylation is 1. The van der Waals surface area contributed by atoms with E-state index in [1.54, 1.807) is 0 Å². The third kappa shape index (κ3) is 11.0. The number of esters is 1. The molecule has 3 heteroatoms. The number of hydrogen-bond donors (Lipinski definition) is 0. The zero-order valence-corrected chi connectivity index (χ0v) is 16.4. The first-order valence-corrected chi connectivity index (χ1v) is 9.97. The van der Waals surface area contributed by atoms with Gasteiger partial charge in [-0.05, 0) is 42.9 Å². The van der Waals surface area contributed by atoms with Crippen molar-refractivity contribution in [3.8, 4) is 0 Å². The van der Waals surface area contributed by atoms with Crippen LogP contribution in [0.5, 0.6) is 0 Å². The van der Waals surface area contributed by atoms with Gasteiger partial charge in [0.05, 0.1) is 12.2 Å². The van der Waals surface area contributed by atoms with Gasteiger partial charge >= 0.3 is 5.97 Å². The van der Waals surface area contributed by atoms with Crippen LogP contribution in [0.15, 0.2) is 24.3 Å². The SMILES string of the molecule is CCCCc1cccc(C(=O)OCCOCCCCCCC(C)C)c1. The van der Waals surface area contributed by atoms with Crippen LogP contribution >= 0.6 is 0 Å². The van der Waals surface area contributed by atoms with Gasteiger partial charge < -0.3 is 9.47 Å². The van der Waals surface area contributed by atoms with Gasteiger partial charge in [0.1, 0.15) is 6.61 Å². The topological polar surface area (TPSA) is 35.5 Å². The highest BCUT2D eigenvalue weighted by Crippen LogP contribution is 2.11. The highest BCUT2D eigenvalue weighted by Gasteiger charge is 2.07. The first-order chi connectivity index (χ1) is 12.1. The molecule has 0 aliphatic carbocycles. The van der Waals surface area contributed by atoms with Crippen molar-refractivity contribution in [1.29, 1.82) is 0 Å². The molecule has 0 amide bonds. The molecule has 0 heterocycles. The Hall–Kier alpha value is -1.35. The number of ether oxygens (including phenoxy) is 2. The lowest BCUT2D eigenvalue weighted by molar-refractivity contribution is 0.0312. The van der Waals surface area contributed by atoms with E-state index in [-0.39, 0.29) is 5.97 Å². The van der Waals surface area contributed by atoms with E-state index in [9.17, 15) is 4.79 Å². The largest absolute Gasteiger partial charge is 0.460 e. The van der Waals surface area contributed by atoms with Gasteiger partial charge in [-0.2, -0.15) is 0 Å². The summed E-state index contributed by atoms with van der Waals surface area (Å²) in [5.74, 6) is 0.550. The number of carbonyl (C=O) groups is 1. The molecule has 1 aromatic rings. The molecule has 0 aliphatic heterocycles. The first-order valence-electron chi connectivity index (χ1n) is 9.97. The summed E-state index contributed by atoms with van der Waals surface area (Å²) in [5.41, 5.74) is 1.84. The molecule has 25 heavy (non-hydrogen) atoms. The number of unbranched alkanes of at least 4 members (excludes halogenated alkanes) is 4. The molecule has 0 aromatic heterocycles. The van der Waals surface area contributed by atoms with Gasteiger partial charge in [-0.25, -0.2) is 4.79 Å². The maximum atomic E-state index is 12.1. The molecule has 0 saturated heterocycles. The van der Waals surface area contributed by atoms with E-state index in [1.165, 1.54) is 31.2 Å². The van der Waals surface area contributed by atoms with Crippen molar-refractivity contribution in [1.82, 2.24) is 0 Å². The Labute approximate surface area is 154 Å². The van der Waals surface area contributed by atoms with Crippen LogP contribution in [0.2, 0.25) is 0 Å². The van der Waals surface area contributed by atoms with Crippen LogP contribution in [0, 0.1) is 5.92 Å². The average molecular weight is 349 g/mol. The monoisotopic (exact) mass is 348 g/mol. The van der Waals surface area contributed by atoms with Crippen LogP contribution in [0.1, 0.15) is 81.6 Å². The van der Waals surface area contributed by atoms with E-state index >= 15 is 0 Å². The molecule has 1 aromatic carbocycles. The minimum atomic E-state index is -0.254. The van der Waals surface area contributed by atoms with Gasteiger partial charge in [-0.3, -0.25) is 0 Å². The van der Waals surface area contributed by atoms with Crippen LogP contribution < -0.4 is 0 Å². The van der Waals surface area contributed by atoms with Gasteiger partial charge in [0.25, 0.3) is 0 Å². The van der Waals surface area contributed by atoms with Crippen molar-refractivity contribution >= 4 is 5.97 Å². The summed E-state index contributed by atoms with van der Waals surface area (Å²) in [5, 5.41) is 0. The standard InChI is InChI=1S/C22H36O3/c1-4-5-12-20-13-10-14-21(18-20)22(23)25-17-16-24-15-9-7-6-8-11-19(2)3/h10,13-14,18-19H,4-9,11-12,15-17H2,1-3H3. The van der Waals surface area contributed by atoms with Crippen molar-refractivity contribution in [3.63, 3.8) is 0 Å². The van der Waals surface area contributed by atoms with E-state index in [1.807, 2.05) is 18.2 Å². The molecule has 142 valence electrons. The summed E-state index contributed by atoms with van der Waals surface area (Å²) >= 11 is 0. The Bertz CT molecular complexity index is 468. The van der Waals surface area contributed by atoms with E-state index in [2.05, 4.69) is 26.8 Å². The minimum Gasteiger partial charge on any atom is -0.460 e. The number of carbonyl (C=O) groups excluding carboxylic acids is 1. The van der Waals surface area contributed by atoms with Gasteiger partial charge in [0, 0.05) is 6.61 Å². The second-order valence-electron chi connectivity index (χ2n) is 7.15.